The summed E-state index contributed by atoms with van der Waals surface area (Å²) in [4.78, 5) is 11.9. The fourth-order valence-corrected chi connectivity index (χ4v) is 1.61. The van der Waals surface area contributed by atoms with Crippen LogP contribution in [-0.2, 0) is 4.79 Å². The first-order chi connectivity index (χ1) is 10.0. The van der Waals surface area contributed by atoms with E-state index in [1.54, 1.807) is 18.2 Å². The Morgan fingerprint density at radius 2 is 1.95 bits per heavy atom. The van der Waals surface area contributed by atoms with E-state index < -0.39 is 0 Å². The van der Waals surface area contributed by atoms with Crippen molar-refractivity contribution in [3.8, 4) is 12.1 Å². The summed E-state index contributed by atoms with van der Waals surface area (Å²) in [5.74, 6) is -0.0762. The zero-order valence-corrected chi connectivity index (χ0v) is 12.4. The number of allylic oxidation sites excluding steroid dienone is 1. The Kier molecular flexibility index (Phi) is 5.98. The molecule has 1 amide bonds. The second-order valence-electron chi connectivity index (χ2n) is 4.70. The SMILES string of the molecule is CCC(C)C(=O)Nc1cccc(NC=C(C#N)C#N)c1C. The second-order valence-corrected chi connectivity index (χ2v) is 4.70. The smallest absolute Gasteiger partial charge is 0.227 e. The Bertz CT molecular complexity index is 619. The lowest BCUT2D eigenvalue weighted by atomic mass is 10.1. The quantitative estimate of drug-likeness (QED) is 0.811. The lowest BCUT2D eigenvalue weighted by molar-refractivity contribution is -0.119. The number of anilines is 2. The molecule has 0 bridgehead atoms. The van der Waals surface area contributed by atoms with Gasteiger partial charge in [0.25, 0.3) is 0 Å². The van der Waals surface area contributed by atoms with Crippen LogP contribution in [0.1, 0.15) is 25.8 Å². The molecule has 1 aromatic carbocycles. The van der Waals surface area contributed by atoms with Crippen LogP contribution in [0, 0.1) is 35.5 Å². The third-order valence-corrected chi connectivity index (χ3v) is 3.26. The van der Waals surface area contributed by atoms with Crippen molar-refractivity contribution in [2.24, 2.45) is 5.92 Å². The topological polar surface area (TPSA) is 88.7 Å². The van der Waals surface area contributed by atoms with Crippen molar-refractivity contribution >= 4 is 17.3 Å². The molecule has 0 saturated heterocycles. The maximum Gasteiger partial charge on any atom is 0.227 e. The molecular formula is C16H18N4O. The number of hydrogen-bond donors (Lipinski definition) is 2. The standard InChI is InChI=1S/C16H18N4O/c1-4-11(2)16(21)20-15-7-5-6-14(12(15)3)19-10-13(8-17)9-18/h5-7,10-11,19H,4H2,1-3H3,(H,20,21). The molecule has 0 aliphatic heterocycles. The number of nitrogens with zero attached hydrogens (tertiary/aromatic N) is 2. The molecule has 1 atom stereocenters. The van der Waals surface area contributed by atoms with Gasteiger partial charge >= 0.3 is 0 Å². The normalized spacial score (nSPS) is 10.7. The molecular weight excluding hydrogens is 264 g/mol. The molecule has 0 radical (unpaired) electrons. The minimum Gasteiger partial charge on any atom is -0.360 e. The van der Waals surface area contributed by atoms with Crippen LogP contribution < -0.4 is 10.6 Å². The fourth-order valence-electron chi connectivity index (χ4n) is 1.61. The van der Waals surface area contributed by atoms with Gasteiger partial charge in [0.15, 0.2) is 0 Å². The maximum atomic E-state index is 11.9. The average Bonchev–Trinajstić information content (AvgIpc) is 2.50. The number of nitriles is 2. The van der Waals surface area contributed by atoms with Crippen molar-refractivity contribution in [2.75, 3.05) is 10.6 Å². The summed E-state index contributed by atoms with van der Waals surface area (Å²) in [5, 5.41) is 23.2. The van der Waals surface area contributed by atoms with E-state index >= 15 is 0 Å². The first kappa shape index (κ1) is 16.3. The van der Waals surface area contributed by atoms with E-state index in [-0.39, 0.29) is 17.4 Å². The monoisotopic (exact) mass is 282 g/mol. The Morgan fingerprint density at radius 1 is 1.33 bits per heavy atom. The van der Waals surface area contributed by atoms with Crippen molar-refractivity contribution in [3.05, 3.63) is 35.5 Å². The number of amides is 1. The fraction of sp³-hybridized carbons (Fsp3) is 0.312. The van der Waals surface area contributed by atoms with E-state index in [0.717, 1.165) is 17.7 Å². The highest BCUT2D eigenvalue weighted by atomic mass is 16.1. The zero-order valence-electron chi connectivity index (χ0n) is 12.4. The van der Waals surface area contributed by atoms with Crippen molar-refractivity contribution in [3.63, 3.8) is 0 Å². The summed E-state index contributed by atoms with van der Waals surface area (Å²) >= 11 is 0. The lowest BCUT2D eigenvalue weighted by Gasteiger charge is -2.14. The van der Waals surface area contributed by atoms with Gasteiger partial charge in [-0.25, -0.2) is 0 Å². The maximum absolute atomic E-state index is 11.9. The Morgan fingerprint density at radius 3 is 2.52 bits per heavy atom. The van der Waals surface area contributed by atoms with Gasteiger partial charge in [-0.2, -0.15) is 10.5 Å². The number of nitrogens with one attached hydrogen (secondary N) is 2. The van der Waals surface area contributed by atoms with Crippen molar-refractivity contribution in [2.45, 2.75) is 27.2 Å². The van der Waals surface area contributed by atoms with Gasteiger partial charge in [-0.1, -0.05) is 19.9 Å². The molecule has 0 heterocycles. The van der Waals surface area contributed by atoms with Crippen molar-refractivity contribution in [1.29, 1.82) is 10.5 Å². The van der Waals surface area contributed by atoms with Crippen LogP contribution in [0.15, 0.2) is 30.0 Å². The molecule has 0 saturated carbocycles. The molecule has 0 aliphatic rings. The van der Waals surface area contributed by atoms with Crippen LogP contribution >= 0.6 is 0 Å². The van der Waals surface area contributed by atoms with E-state index in [2.05, 4.69) is 10.6 Å². The highest BCUT2D eigenvalue weighted by molar-refractivity contribution is 5.93. The predicted octanol–water partition coefficient (Wildman–Crippen LogP) is 3.32. The van der Waals surface area contributed by atoms with Gasteiger partial charge in [-0.15, -0.1) is 0 Å². The second kappa shape index (κ2) is 7.72. The minimum absolute atomic E-state index is 0.0107. The number of hydrogen-bond acceptors (Lipinski definition) is 4. The number of carbonyl (C=O) groups is 1. The largest absolute Gasteiger partial charge is 0.360 e. The van der Waals surface area contributed by atoms with Gasteiger partial charge < -0.3 is 10.6 Å². The highest BCUT2D eigenvalue weighted by Gasteiger charge is 2.12. The summed E-state index contributed by atoms with van der Waals surface area (Å²) in [7, 11) is 0. The van der Waals surface area contributed by atoms with Gasteiger partial charge in [-0.3, -0.25) is 4.79 Å². The van der Waals surface area contributed by atoms with Gasteiger partial charge in [-0.05, 0) is 31.0 Å². The minimum atomic E-state index is -0.0512. The molecule has 2 N–H and O–H groups in total. The van der Waals surface area contributed by atoms with Gasteiger partial charge in [0.05, 0.1) is 0 Å². The van der Waals surface area contributed by atoms with E-state index in [0.29, 0.717) is 5.69 Å². The van der Waals surface area contributed by atoms with Gasteiger partial charge in [0.1, 0.15) is 17.7 Å². The van der Waals surface area contributed by atoms with Crippen LogP contribution in [0.2, 0.25) is 0 Å². The zero-order chi connectivity index (χ0) is 15.8. The third-order valence-electron chi connectivity index (χ3n) is 3.26. The summed E-state index contributed by atoms with van der Waals surface area (Å²) in [5.41, 5.74) is 2.29. The summed E-state index contributed by atoms with van der Waals surface area (Å²) in [6.45, 7) is 5.70. The van der Waals surface area contributed by atoms with Crippen LogP contribution in [-0.4, -0.2) is 5.91 Å². The number of rotatable bonds is 5. The molecule has 0 aliphatic carbocycles. The van der Waals surface area contributed by atoms with Gasteiger partial charge in [0, 0.05) is 23.5 Å². The van der Waals surface area contributed by atoms with E-state index in [1.807, 2.05) is 32.9 Å². The van der Waals surface area contributed by atoms with Crippen LogP contribution in [0.5, 0.6) is 0 Å². The van der Waals surface area contributed by atoms with Crippen LogP contribution in [0.4, 0.5) is 11.4 Å². The molecule has 1 unspecified atom stereocenters. The van der Waals surface area contributed by atoms with E-state index in [4.69, 9.17) is 10.5 Å². The molecule has 5 heteroatoms. The molecule has 1 aromatic rings. The van der Waals surface area contributed by atoms with Crippen LogP contribution in [0.25, 0.3) is 0 Å². The number of benzene rings is 1. The van der Waals surface area contributed by atoms with E-state index in [9.17, 15) is 4.79 Å². The first-order valence-corrected chi connectivity index (χ1v) is 6.70. The Labute approximate surface area is 124 Å². The Balaban J connectivity index is 2.95. The van der Waals surface area contributed by atoms with Crippen molar-refractivity contribution < 1.29 is 4.79 Å². The molecule has 0 aromatic heterocycles. The van der Waals surface area contributed by atoms with Gasteiger partial charge in [0.2, 0.25) is 5.91 Å². The molecule has 108 valence electrons. The molecule has 5 nitrogen and oxygen atoms in total. The molecule has 1 rings (SSSR count). The summed E-state index contributed by atoms with van der Waals surface area (Å²) in [6.07, 6.45) is 2.13. The summed E-state index contributed by atoms with van der Waals surface area (Å²) in [6, 6.07) is 8.99. The average molecular weight is 282 g/mol. The Hall–Kier alpha value is -2.79. The molecule has 21 heavy (non-hydrogen) atoms. The third kappa shape index (κ3) is 4.36. The molecule has 0 fully saturated rings. The molecule has 0 spiro atoms. The highest BCUT2D eigenvalue weighted by Crippen LogP contribution is 2.24. The predicted molar refractivity (Wildman–Crippen MR) is 82.2 cm³/mol. The van der Waals surface area contributed by atoms with Crippen LogP contribution in [0.3, 0.4) is 0 Å². The number of carbonyl (C=O) groups excluding carboxylic acids is 1. The lowest BCUT2D eigenvalue weighted by Crippen LogP contribution is -2.20. The first-order valence-electron chi connectivity index (χ1n) is 6.70. The summed E-state index contributed by atoms with van der Waals surface area (Å²) < 4.78 is 0. The van der Waals surface area contributed by atoms with Crippen molar-refractivity contribution in [1.82, 2.24) is 0 Å². The van der Waals surface area contributed by atoms with E-state index in [1.165, 1.54) is 6.20 Å².